The summed E-state index contributed by atoms with van der Waals surface area (Å²) in [6, 6.07) is 7.05. The molecule has 1 unspecified atom stereocenters. The van der Waals surface area contributed by atoms with Crippen LogP contribution < -0.4 is 5.32 Å². The third kappa shape index (κ3) is 3.00. The van der Waals surface area contributed by atoms with Crippen molar-refractivity contribution in [1.29, 1.82) is 0 Å². The zero-order valence-corrected chi connectivity index (χ0v) is 12.5. The molecule has 4 heteroatoms. The summed E-state index contributed by atoms with van der Waals surface area (Å²) in [5.74, 6) is -0.217. The summed E-state index contributed by atoms with van der Waals surface area (Å²) in [5.41, 5.74) is 3.32. The molecule has 0 amide bonds. The molecule has 1 atom stereocenters. The first kappa shape index (κ1) is 14.3. The fourth-order valence-corrected chi connectivity index (χ4v) is 3.09. The maximum absolute atomic E-state index is 13.5. The van der Waals surface area contributed by atoms with Crippen molar-refractivity contribution < 1.29 is 4.39 Å². The van der Waals surface area contributed by atoms with Crippen LogP contribution >= 0.6 is 0 Å². The lowest BCUT2D eigenvalue weighted by Crippen LogP contribution is -2.22. The van der Waals surface area contributed by atoms with Gasteiger partial charge in [-0.05, 0) is 50.4 Å². The smallest absolute Gasteiger partial charge is 0.125 e. The van der Waals surface area contributed by atoms with Gasteiger partial charge in [0.05, 0.1) is 11.9 Å². The van der Waals surface area contributed by atoms with E-state index in [-0.39, 0.29) is 5.82 Å². The molecule has 1 heterocycles. The molecule has 21 heavy (non-hydrogen) atoms. The zero-order valence-electron chi connectivity index (χ0n) is 12.5. The van der Waals surface area contributed by atoms with Crippen LogP contribution in [0.3, 0.4) is 0 Å². The van der Waals surface area contributed by atoms with Gasteiger partial charge in [-0.3, -0.25) is 0 Å². The lowest BCUT2D eigenvalue weighted by Gasteiger charge is -2.16. The molecule has 0 radical (unpaired) electrons. The number of fused-ring (bicyclic) bond motifs is 1. The van der Waals surface area contributed by atoms with Crippen LogP contribution in [0, 0.1) is 5.82 Å². The summed E-state index contributed by atoms with van der Waals surface area (Å²) >= 11 is 0. The van der Waals surface area contributed by atoms with Crippen molar-refractivity contribution in [2.24, 2.45) is 0 Å². The summed E-state index contributed by atoms with van der Waals surface area (Å²) in [6.07, 6.45) is 7.64. The van der Waals surface area contributed by atoms with E-state index in [2.05, 4.69) is 17.3 Å². The van der Waals surface area contributed by atoms with Crippen LogP contribution in [0.4, 0.5) is 4.39 Å². The van der Waals surface area contributed by atoms with Crippen LogP contribution in [-0.4, -0.2) is 16.3 Å². The second-order valence-corrected chi connectivity index (χ2v) is 5.69. The Morgan fingerprint density at radius 2 is 2.29 bits per heavy atom. The van der Waals surface area contributed by atoms with Crippen LogP contribution in [0.1, 0.15) is 49.9 Å². The monoisotopic (exact) mass is 287 g/mol. The van der Waals surface area contributed by atoms with Crippen molar-refractivity contribution in [3.63, 3.8) is 0 Å². The Balaban J connectivity index is 1.96. The molecule has 0 saturated carbocycles. The second kappa shape index (κ2) is 6.39. The number of hydrogen-bond donors (Lipinski definition) is 1. The van der Waals surface area contributed by atoms with E-state index in [1.807, 2.05) is 16.9 Å². The Kier molecular flexibility index (Phi) is 4.34. The van der Waals surface area contributed by atoms with Gasteiger partial charge >= 0.3 is 0 Å². The first-order valence-electron chi connectivity index (χ1n) is 7.85. The van der Waals surface area contributed by atoms with E-state index in [1.54, 1.807) is 12.1 Å². The highest BCUT2D eigenvalue weighted by atomic mass is 19.1. The molecule has 2 aromatic rings. The number of rotatable bonds is 4. The fraction of sp³-hybridized carbons (Fsp3) is 0.471. The van der Waals surface area contributed by atoms with Gasteiger partial charge in [-0.25, -0.2) is 9.07 Å². The molecular weight excluding hydrogens is 265 g/mol. The van der Waals surface area contributed by atoms with Crippen LogP contribution in [0.2, 0.25) is 0 Å². The van der Waals surface area contributed by atoms with E-state index < -0.39 is 0 Å². The molecule has 0 saturated heterocycles. The Bertz CT molecular complexity index is 606. The molecule has 0 aliphatic heterocycles. The van der Waals surface area contributed by atoms with Crippen LogP contribution in [-0.2, 0) is 6.42 Å². The van der Waals surface area contributed by atoms with Crippen molar-refractivity contribution in [3.05, 3.63) is 47.5 Å². The molecule has 3 nitrogen and oxygen atoms in total. The van der Waals surface area contributed by atoms with Crippen LogP contribution in [0.25, 0.3) is 5.69 Å². The minimum atomic E-state index is -0.217. The van der Waals surface area contributed by atoms with Crippen LogP contribution in [0.15, 0.2) is 30.5 Å². The molecule has 1 aromatic carbocycles. The Morgan fingerprint density at radius 3 is 3.10 bits per heavy atom. The second-order valence-electron chi connectivity index (χ2n) is 5.69. The van der Waals surface area contributed by atoms with E-state index in [9.17, 15) is 4.39 Å². The molecular formula is C17H22FN3. The van der Waals surface area contributed by atoms with Gasteiger partial charge in [0.15, 0.2) is 0 Å². The number of benzene rings is 1. The summed E-state index contributed by atoms with van der Waals surface area (Å²) < 4.78 is 15.4. The summed E-state index contributed by atoms with van der Waals surface area (Å²) in [5, 5.41) is 8.14. The minimum Gasteiger partial charge on any atom is -0.310 e. The van der Waals surface area contributed by atoms with E-state index in [0.717, 1.165) is 37.9 Å². The number of hydrogen-bond acceptors (Lipinski definition) is 2. The SMILES string of the molecule is CCCNC1CCCCc2c1cnn2-c1cccc(F)c1. The molecule has 3 rings (SSSR count). The van der Waals surface area contributed by atoms with Crippen molar-refractivity contribution in [3.8, 4) is 5.69 Å². The average Bonchev–Trinajstić information content (AvgIpc) is 2.80. The van der Waals surface area contributed by atoms with Gasteiger partial charge in [-0.15, -0.1) is 0 Å². The maximum Gasteiger partial charge on any atom is 0.125 e. The minimum absolute atomic E-state index is 0.217. The zero-order chi connectivity index (χ0) is 14.7. The van der Waals surface area contributed by atoms with Crippen molar-refractivity contribution in [2.75, 3.05) is 6.54 Å². The Morgan fingerprint density at radius 1 is 1.38 bits per heavy atom. The van der Waals surface area contributed by atoms with E-state index in [4.69, 9.17) is 0 Å². The van der Waals surface area contributed by atoms with Crippen molar-refractivity contribution in [2.45, 2.75) is 45.1 Å². The number of aromatic nitrogens is 2. The molecule has 0 fully saturated rings. The number of halogens is 1. The predicted molar refractivity (Wildman–Crippen MR) is 82.1 cm³/mol. The standard InChI is InChI=1S/C17H22FN3/c1-2-10-19-16-8-3-4-9-17-15(16)12-20-21(17)14-7-5-6-13(18)11-14/h5-7,11-12,16,19H,2-4,8-10H2,1H3. The van der Waals surface area contributed by atoms with Gasteiger partial charge in [-0.2, -0.15) is 5.10 Å². The normalized spacial score (nSPS) is 18.3. The quantitative estimate of drug-likeness (QED) is 0.867. The highest BCUT2D eigenvalue weighted by Gasteiger charge is 2.22. The Labute approximate surface area is 125 Å². The van der Waals surface area contributed by atoms with Crippen molar-refractivity contribution >= 4 is 0 Å². The third-order valence-electron chi connectivity index (χ3n) is 4.13. The van der Waals surface area contributed by atoms with Gasteiger partial charge in [-0.1, -0.05) is 19.4 Å². The van der Waals surface area contributed by atoms with Gasteiger partial charge in [0, 0.05) is 17.3 Å². The molecule has 112 valence electrons. The molecule has 1 aromatic heterocycles. The van der Waals surface area contributed by atoms with Crippen LogP contribution in [0.5, 0.6) is 0 Å². The van der Waals surface area contributed by atoms with Gasteiger partial charge in [0.25, 0.3) is 0 Å². The molecule has 1 aliphatic rings. The number of nitrogens with zero attached hydrogens (tertiary/aromatic N) is 2. The molecule has 1 N–H and O–H groups in total. The molecule has 1 aliphatic carbocycles. The lowest BCUT2D eigenvalue weighted by atomic mass is 10.1. The van der Waals surface area contributed by atoms with Gasteiger partial charge in [0.1, 0.15) is 5.82 Å². The fourth-order valence-electron chi connectivity index (χ4n) is 3.09. The summed E-state index contributed by atoms with van der Waals surface area (Å²) in [7, 11) is 0. The first-order chi connectivity index (χ1) is 10.3. The largest absolute Gasteiger partial charge is 0.310 e. The van der Waals surface area contributed by atoms with Crippen molar-refractivity contribution in [1.82, 2.24) is 15.1 Å². The summed E-state index contributed by atoms with van der Waals surface area (Å²) in [6.45, 7) is 3.20. The highest BCUT2D eigenvalue weighted by Crippen LogP contribution is 2.30. The van der Waals surface area contributed by atoms with E-state index >= 15 is 0 Å². The molecule has 0 bridgehead atoms. The third-order valence-corrected chi connectivity index (χ3v) is 4.13. The highest BCUT2D eigenvalue weighted by molar-refractivity contribution is 5.37. The maximum atomic E-state index is 13.5. The number of nitrogens with one attached hydrogen (secondary N) is 1. The van der Waals surface area contributed by atoms with Gasteiger partial charge < -0.3 is 5.32 Å². The van der Waals surface area contributed by atoms with E-state index in [1.165, 1.54) is 23.7 Å². The van der Waals surface area contributed by atoms with Gasteiger partial charge in [0.2, 0.25) is 0 Å². The topological polar surface area (TPSA) is 29.9 Å². The average molecular weight is 287 g/mol. The van der Waals surface area contributed by atoms with E-state index in [0.29, 0.717) is 6.04 Å². The Hall–Kier alpha value is -1.68. The molecule has 0 spiro atoms. The lowest BCUT2D eigenvalue weighted by molar-refractivity contribution is 0.489. The first-order valence-corrected chi connectivity index (χ1v) is 7.85. The predicted octanol–water partition coefficient (Wildman–Crippen LogP) is 3.78. The summed E-state index contributed by atoms with van der Waals surface area (Å²) in [4.78, 5) is 0.